The Morgan fingerprint density at radius 3 is 2.35 bits per heavy atom. The van der Waals surface area contributed by atoms with Gasteiger partial charge in [-0.15, -0.1) is 0 Å². The number of nitrogens with one attached hydrogen (secondary N) is 1. The topological polar surface area (TPSA) is 78.8 Å². The van der Waals surface area contributed by atoms with Gasteiger partial charge < -0.3 is 24.1 Å². The number of rotatable bonds is 9. The van der Waals surface area contributed by atoms with E-state index in [1.54, 1.807) is 21.0 Å². The number of anilines is 1. The van der Waals surface area contributed by atoms with Gasteiger partial charge in [0.25, 0.3) is 0 Å². The van der Waals surface area contributed by atoms with Gasteiger partial charge in [-0.2, -0.15) is 0 Å². The summed E-state index contributed by atoms with van der Waals surface area (Å²) in [6.45, 7) is 11.8. The molecule has 168 valence electrons. The van der Waals surface area contributed by atoms with Gasteiger partial charge in [-0.05, 0) is 64.8 Å². The van der Waals surface area contributed by atoms with Crippen molar-refractivity contribution in [2.24, 2.45) is 0 Å². The zero-order valence-electron chi connectivity index (χ0n) is 19.4. The van der Waals surface area contributed by atoms with E-state index < -0.39 is 11.9 Å². The number of carbonyl (C=O) groups excluding carboxylic acids is 2. The minimum Gasteiger partial charge on any atom is -0.497 e. The van der Waals surface area contributed by atoms with E-state index in [9.17, 15) is 9.59 Å². The largest absolute Gasteiger partial charge is 0.497 e. The van der Waals surface area contributed by atoms with Crippen LogP contribution < -0.4 is 10.1 Å². The number of nitrogens with zero attached hydrogens (tertiary/aromatic N) is 1. The van der Waals surface area contributed by atoms with E-state index in [1.807, 2.05) is 56.5 Å². The lowest BCUT2D eigenvalue weighted by atomic mass is 10.1. The molecule has 1 aromatic carbocycles. The van der Waals surface area contributed by atoms with Gasteiger partial charge in [0.15, 0.2) is 0 Å². The first-order chi connectivity index (χ1) is 14.7. The van der Waals surface area contributed by atoms with E-state index in [0.717, 1.165) is 22.6 Å². The Bertz CT molecular complexity index is 955. The van der Waals surface area contributed by atoms with E-state index in [0.29, 0.717) is 30.2 Å². The molecule has 0 fully saturated rings. The standard InChI is InChI=1S/C24H32N2O5/c1-8-30-21(27)13-16(4)25-23-22(24(28)31-15(2)3)17(5)18(6)26(23)14-19-9-11-20(29-7)12-10-19/h9-13,15,25H,8,14H2,1-7H3. The van der Waals surface area contributed by atoms with Crippen LogP contribution in [0.15, 0.2) is 36.0 Å². The monoisotopic (exact) mass is 428 g/mol. The molecule has 2 rings (SSSR count). The van der Waals surface area contributed by atoms with Gasteiger partial charge in [-0.3, -0.25) is 0 Å². The number of methoxy groups -OCH3 is 1. The molecule has 0 saturated heterocycles. The molecule has 0 aliphatic heterocycles. The van der Waals surface area contributed by atoms with Crippen molar-refractivity contribution in [2.75, 3.05) is 19.0 Å². The summed E-state index contributed by atoms with van der Waals surface area (Å²) in [6.07, 6.45) is 1.12. The van der Waals surface area contributed by atoms with Crippen molar-refractivity contribution in [3.8, 4) is 5.75 Å². The molecule has 2 aromatic rings. The second-order valence-corrected chi connectivity index (χ2v) is 7.53. The first-order valence-corrected chi connectivity index (χ1v) is 10.3. The number of carbonyl (C=O) groups is 2. The fraction of sp³-hybridized carbons (Fsp3) is 0.417. The Labute approximate surface area is 184 Å². The lowest BCUT2D eigenvalue weighted by Crippen LogP contribution is -2.16. The predicted molar refractivity (Wildman–Crippen MR) is 121 cm³/mol. The molecule has 1 aromatic heterocycles. The lowest BCUT2D eigenvalue weighted by Gasteiger charge is -2.16. The maximum absolute atomic E-state index is 12.9. The van der Waals surface area contributed by atoms with Crippen LogP contribution in [0.25, 0.3) is 0 Å². The summed E-state index contributed by atoms with van der Waals surface area (Å²) in [5.41, 5.74) is 3.81. The summed E-state index contributed by atoms with van der Waals surface area (Å²) < 4.78 is 17.7. The summed E-state index contributed by atoms with van der Waals surface area (Å²) in [7, 11) is 1.63. The normalized spacial score (nSPS) is 11.4. The van der Waals surface area contributed by atoms with Crippen molar-refractivity contribution < 1.29 is 23.8 Å². The number of hydrogen-bond donors (Lipinski definition) is 1. The molecule has 0 spiro atoms. The van der Waals surface area contributed by atoms with Crippen LogP contribution in [-0.2, 0) is 20.8 Å². The van der Waals surface area contributed by atoms with Crippen LogP contribution in [0.4, 0.5) is 5.82 Å². The molecule has 0 amide bonds. The van der Waals surface area contributed by atoms with Crippen LogP contribution in [0.2, 0.25) is 0 Å². The van der Waals surface area contributed by atoms with Crippen molar-refractivity contribution in [2.45, 2.75) is 54.2 Å². The molecule has 0 atom stereocenters. The molecule has 0 aliphatic carbocycles. The van der Waals surface area contributed by atoms with Crippen molar-refractivity contribution in [1.82, 2.24) is 4.57 Å². The number of benzene rings is 1. The summed E-state index contributed by atoms with van der Waals surface area (Å²) >= 11 is 0. The third-order valence-electron chi connectivity index (χ3n) is 4.81. The van der Waals surface area contributed by atoms with Crippen molar-refractivity contribution >= 4 is 17.8 Å². The van der Waals surface area contributed by atoms with Crippen molar-refractivity contribution in [3.63, 3.8) is 0 Å². The summed E-state index contributed by atoms with van der Waals surface area (Å²) in [4.78, 5) is 24.8. The molecule has 31 heavy (non-hydrogen) atoms. The van der Waals surface area contributed by atoms with Crippen LogP contribution in [0.5, 0.6) is 5.75 Å². The highest BCUT2D eigenvalue weighted by Gasteiger charge is 2.25. The smallest absolute Gasteiger partial charge is 0.342 e. The number of esters is 2. The average molecular weight is 429 g/mol. The van der Waals surface area contributed by atoms with Crippen molar-refractivity contribution in [1.29, 1.82) is 0 Å². The quantitative estimate of drug-likeness (QED) is 0.464. The number of aromatic nitrogens is 1. The first-order valence-electron chi connectivity index (χ1n) is 10.3. The van der Waals surface area contributed by atoms with Gasteiger partial charge in [0.05, 0.1) is 19.8 Å². The van der Waals surface area contributed by atoms with E-state index >= 15 is 0 Å². The minimum absolute atomic E-state index is 0.249. The second kappa shape index (κ2) is 10.7. The highest BCUT2D eigenvalue weighted by molar-refractivity contribution is 5.98. The Balaban J connectivity index is 2.51. The van der Waals surface area contributed by atoms with E-state index in [1.165, 1.54) is 6.08 Å². The second-order valence-electron chi connectivity index (χ2n) is 7.53. The maximum Gasteiger partial charge on any atom is 0.342 e. The number of allylic oxidation sites excluding steroid dienone is 1. The van der Waals surface area contributed by atoms with Crippen LogP contribution in [0.3, 0.4) is 0 Å². The van der Waals surface area contributed by atoms with E-state index in [-0.39, 0.29) is 6.10 Å². The van der Waals surface area contributed by atoms with Crippen LogP contribution in [0.1, 0.15) is 54.9 Å². The molecule has 0 radical (unpaired) electrons. The van der Waals surface area contributed by atoms with Gasteiger partial charge >= 0.3 is 11.9 Å². The Kier molecular flexibility index (Phi) is 8.30. The van der Waals surface area contributed by atoms with Crippen LogP contribution in [-0.4, -0.2) is 36.3 Å². The zero-order valence-corrected chi connectivity index (χ0v) is 19.4. The Hall–Kier alpha value is -3.22. The van der Waals surface area contributed by atoms with Crippen LogP contribution >= 0.6 is 0 Å². The van der Waals surface area contributed by atoms with Crippen LogP contribution in [0, 0.1) is 13.8 Å². The van der Waals surface area contributed by atoms with Gasteiger partial charge in [0.2, 0.25) is 0 Å². The fourth-order valence-electron chi connectivity index (χ4n) is 3.21. The van der Waals surface area contributed by atoms with Gasteiger partial charge in [-0.1, -0.05) is 12.1 Å². The Morgan fingerprint density at radius 1 is 1.16 bits per heavy atom. The predicted octanol–water partition coefficient (Wildman–Crippen LogP) is 4.61. The third-order valence-corrected chi connectivity index (χ3v) is 4.81. The molecule has 1 heterocycles. The van der Waals surface area contributed by atoms with Gasteiger partial charge in [0, 0.05) is 24.0 Å². The fourth-order valence-corrected chi connectivity index (χ4v) is 3.21. The van der Waals surface area contributed by atoms with Crippen molar-refractivity contribution in [3.05, 3.63) is 58.4 Å². The highest BCUT2D eigenvalue weighted by atomic mass is 16.5. The average Bonchev–Trinajstić information content (AvgIpc) is 2.92. The molecular weight excluding hydrogens is 396 g/mol. The molecule has 7 nitrogen and oxygen atoms in total. The van der Waals surface area contributed by atoms with Gasteiger partial charge in [0.1, 0.15) is 17.1 Å². The summed E-state index contributed by atoms with van der Waals surface area (Å²) in [6, 6.07) is 7.75. The molecule has 0 aliphatic rings. The highest BCUT2D eigenvalue weighted by Crippen LogP contribution is 2.30. The van der Waals surface area contributed by atoms with Gasteiger partial charge in [-0.25, -0.2) is 9.59 Å². The zero-order chi connectivity index (χ0) is 23.1. The minimum atomic E-state index is -0.444. The molecule has 0 saturated carbocycles. The molecular formula is C24H32N2O5. The SMILES string of the molecule is CCOC(=O)C=C(C)Nc1c(C(=O)OC(C)C)c(C)c(C)n1Cc1ccc(OC)cc1. The van der Waals surface area contributed by atoms with E-state index in [2.05, 4.69) is 5.32 Å². The molecule has 0 unspecified atom stereocenters. The maximum atomic E-state index is 12.9. The molecule has 1 N–H and O–H groups in total. The Morgan fingerprint density at radius 2 is 1.81 bits per heavy atom. The first kappa shape index (κ1) is 24.1. The number of hydrogen-bond acceptors (Lipinski definition) is 6. The number of ether oxygens (including phenoxy) is 3. The summed E-state index contributed by atoms with van der Waals surface area (Å²) in [5, 5.41) is 3.22. The third kappa shape index (κ3) is 6.13. The lowest BCUT2D eigenvalue weighted by molar-refractivity contribution is -0.137. The van der Waals surface area contributed by atoms with E-state index in [4.69, 9.17) is 14.2 Å². The molecule has 0 bridgehead atoms. The molecule has 7 heteroatoms. The summed E-state index contributed by atoms with van der Waals surface area (Å²) in [5.74, 6) is 0.502.